The minimum absolute atomic E-state index is 0.135. The minimum Gasteiger partial charge on any atom is -0.505 e. The second kappa shape index (κ2) is 7.38. The van der Waals surface area contributed by atoms with Gasteiger partial charge in [-0.2, -0.15) is 0 Å². The van der Waals surface area contributed by atoms with Gasteiger partial charge in [-0.05, 0) is 36.6 Å². The second-order valence-corrected chi connectivity index (χ2v) is 5.64. The van der Waals surface area contributed by atoms with Crippen molar-refractivity contribution in [1.29, 1.82) is 0 Å². The van der Waals surface area contributed by atoms with Gasteiger partial charge in [-0.15, -0.1) is 0 Å². The third kappa shape index (κ3) is 4.06. The van der Waals surface area contributed by atoms with E-state index in [4.69, 9.17) is 23.2 Å². The number of hydrogen-bond acceptors (Lipinski definition) is 3. The van der Waals surface area contributed by atoms with Crippen molar-refractivity contribution in [2.24, 2.45) is 0 Å². The first-order chi connectivity index (χ1) is 10.5. The molecule has 0 saturated heterocycles. The number of rotatable bonds is 5. The van der Waals surface area contributed by atoms with Gasteiger partial charge in [0.05, 0.1) is 21.3 Å². The highest BCUT2D eigenvalue weighted by Crippen LogP contribution is 2.23. The van der Waals surface area contributed by atoms with Crippen molar-refractivity contribution in [3.05, 3.63) is 69.7 Å². The molecule has 2 rings (SSSR count). The summed E-state index contributed by atoms with van der Waals surface area (Å²) in [6.45, 7) is 4.10. The predicted octanol–water partition coefficient (Wildman–Crippen LogP) is 3.48. The van der Waals surface area contributed by atoms with Gasteiger partial charge in [0.2, 0.25) is 0 Å². The first-order valence-corrected chi connectivity index (χ1v) is 7.52. The van der Waals surface area contributed by atoms with Crippen LogP contribution in [0.15, 0.2) is 54.1 Å². The lowest BCUT2D eigenvalue weighted by Gasteiger charge is -2.14. The molecule has 0 fully saturated rings. The Balaban J connectivity index is 1.82. The number of halogens is 2. The first-order valence-electron chi connectivity index (χ1n) is 6.77. The maximum absolute atomic E-state index is 12.0. The summed E-state index contributed by atoms with van der Waals surface area (Å²) in [5.74, 6) is -0.463. The van der Waals surface area contributed by atoms with Crippen LogP contribution in [0.2, 0.25) is 10.0 Å². The van der Waals surface area contributed by atoms with E-state index in [1.807, 2.05) is 12.1 Å². The molecule has 0 radical (unpaired) electrons. The molecule has 0 bridgehead atoms. The fourth-order valence-electron chi connectivity index (χ4n) is 2.00. The number of carbonyl (C=O) groups is 1. The summed E-state index contributed by atoms with van der Waals surface area (Å²) < 4.78 is 0. The smallest absolute Gasteiger partial charge is 0.255 e. The molecule has 0 atom stereocenters. The topological polar surface area (TPSA) is 61.4 Å². The average Bonchev–Trinajstić information content (AvgIpc) is 2.49. The summed E-state index contributed by atoms with van der Waals surface area (Å²) in [6.07, 6.45) is 4.60. The number of hydrogen-bond donors (Lipinski definition) is 3. The summed E-state index contributed by atoms with van der Waals surface area (Å²) >= 11 is 11.8. The van der Waals surface area contributed by atoms with Crippen LogP contribution < -0.4 is 10.6 Å². The monoisotopic (exact) mass is 338 g/mol. The molecule has 6 heteroatoms. The van der Waals surface area contributed by atoms with Gasteiger partial charge in [-0.1, -0.05) is 35.8 Å². The highest BCUT2D eigenvalue weighted by atomic mass is 35.5. The molecule has 0 saturated carbocycles. The lowest BCUT2D eigenvalue weighted by Crippen LogP contribution is -2.28. The third-order valence-corrected chi connectivity index (χ3v) is 3.94. The number of aliphatic hydroxyl groups is 1. The lowest BCUT2D eigenvalue weighted by molar-refractivity contribution is -0.117. The maximum atomic E-state index is 12.0. The van der Waals surface area contributed by atoms with Crippen molar-refractivity contribution in [1.82, 2.24) is 10.6 Å². The van der Waals surface area contributed by atoms with Crippen LogP contribution in [-0.4, -0.2) is 17.6 Å². The second-order valence-electron chi connectivity index (χ2n) is 4.83. The highest BCUT2D eigenvalue weighted by molar-refractivity contribution is 6.42. The number of benzene rings is 1. The molecule has 1 aliphatic heterocycles. The van der Waals surface area contributed by atoms with Crippen molar-refractivity contribution in [3.63, 3.8) is 0 Å². The number of nitrogens with one attached hydrogen (secondary N) is 2. The van der Waals surface area contributed by atoms with Crippen molar-refractivity contribution >= 4 is 29.1 Å². The fourth-order valence-corrected chi connectivity index (χ4v) is 2.32. The zero-order valence-electron chi connectivity index (χ0n) is 11.8. The van der Waals surface area contributed by atoms with Crippen LogP contribution in [0.1, 0.15) is 12.0 Å². The van der Waals surface area contributed by atoms with Crippen LogP contribution >= 0.6 is 23.2 Å². The van der Waals surface area contributed by atoms with E-state index in [0.29, 0.717) is 22.3 Å². The van der Waals surface area contributed by atoms with Crippen LogP contribution in [0.25, 0.3) is 0 Å². The van der Waals surface area contributed by atoms with Gasteiger partial charge in [0, 0.05) is 12.7 Å². The van der Waals surface area contributed by atoms with Crippen LogP contribution in [0.4, 0.5) is 0 Å². The molecule has 1 aromatic carbocycles. The molecule has 116 valence electrons. The summed E-state index contributed by atoms with van der Waals surface area (Å²) in [5.41, 5.74) is 1.57. The molecule has 3 N–H and O–H groups in total. The Labute approximate surface area is 139 Å². The zero-order chi connectivity index (χ0) is 16.1. The van der Waals surface area contributed by atoms with E-state index in [1.165, 1.54) is 6.08 Å². The zero-order valence-corrected chi connectivity index (χ0v) is 13.3. The molecule has 4 nitrogen and oxygen atoms in total. The molecule has 22 heavy (non-hydrogen) atoms. The van der Waals surface area contributed by atoms with Gasteiger partial charge in [0.1, 0.15) is 0 Å². The molecule has 0 aromatic heterocycles. The van der Waals surface area contributed by atoms with Gasteiger partial charge in [-0.3, -0.25) is 4.79 Å². The minimum atomic E-state index is -0.328. The molecule has 1 aliphatic rings. The molecule has 0 aliphatic carbocycles. The summed E-state index contributed by atoms with van der Waals surface area (Å²) in [4.78, 5) is 12.0. The van der Waals surface area contributed by atoms with Crippen molar-refractivity contribution in [3.8, 4) is 0 Å². The summed E-state index contributed by atoms with van der Waals surface area (Å²) in [5, 5.41) is 16.3. The van der Waals surface area contributed by atoms with Gasteiger partial charge < -0.3 is 15.7 Å². The van der Waals surface area contributed by atoms with Crippen LogP contribution in [-0.2, 0) is 11.2 Å². The van der Waals surface area contributed by atoms with E-state index in [9.17, 15) is 9.90 Å². The maximum Gasteiger partial charge on any atom is 0.255 e. The Hall–Kier alpha value is -1.91. The van der Waals surface area contributed by atoms with Crippen molar-refractivity contribution in [2.75, 3.05) is 6.54 Å². The quantitative estimate of drug-likeness (QED) is 0.720. The highest BCUT2D eigenvalue weighted by Gasteiger charge is 2.16. The first kappa shape index (κ1) is 16.5. The van der Waals surface area contributed by atoms with E-state index in [2.05, 4.69) is 17.2 Å². The van der Waals surface area contributed by atoms with Crippen LogP contribution in [0.5, 0.6) is 0 Å². The third-order valence-electron chi connectivity index (χ3n) is 3.20. The SMILES string of the molecule is C=C1NC=CC(C(=O)NCCCc2ccc(Cl)c(Cl)c2)=C1O. The number of carbonyl (C=O) groups excluding carboxylic acids is 1. The van der Waals surface area contributed by atoms with E-state index >= 15 is 0 Å². The molecular weight excluding hydrogens is 323 g/mol. The molecule has 0 spiro atoms. The lowest BCUT2D eigenvalue weighted by atomic mass is 10.1. The molecule has 0 unspecified atom stereocenters. The van der Waals surface area contributed by atoms with E-state index in [-0.39, 0.29) is 17.2 Å². The largest absolute Gasteiger partial charge is 0.505 e. The van der Waals surface area contributed by atoms with Gasteiger partial charge >= 0.3 is 0 Å². The normalized spacial score (nSPS) is 14.0. The molecule has 1 amide bonds. The van der Waals surface area contributed by atoms with Gasteiger partial charge in [-0.25, -0.2) is 0 Å². The Kier molecular flexibility index (Phi) is 5.52. The standard InChI is InChI=1S/C16H16Cl2N2O2/c1-10-15(21)12(6-8-19-10)16(22)20-7-2-3-11-4-5-13(17)14(18)9-11/h4-6,8-9,19,21H,1-3,7H2,(H,20,22). The van der Waals surface area contributed by atoms with Crippen molar-refractivity contribution in [2.45, 2.75) is 12.8 Å². The number of amides is 1. The van der Waals surface area contributed by atoms with E-state index in [0.717, 1.165) is 18.4 Å². The van der Waals surface area contributed by atoms with E-state index in [1.54, 1.807) is 12.3 Å². The van der Waals surface area contributed by atoms with Crippen LogP contribution in [0, 0.1) is 0 Å². The molecule has 1 heterocycles. The fraction of sp³-hybridized carbons (Fsp3) is 0.188. The van der Waals surface area contributed by atoms with Gasteiger partial charge in [0.15, 0.2) is 5.76 Å². The number of aryl methyl sites for hydroxylation is 1. The summed E-state index contributed by atoms with van der Waals surface area (Å²) in [7, 11) is 0. The number of dihydropyridines is 1. The van der Waals surface area contributed by atoms with Crippen molar-refractivity contribution < 1.29 is 9.90 Å². The molecular formula is C16H16Cl2N2O2. The van der Waals surface area contributed by atoms with E-state index < -0.39 is 0 Å². The Morgan fingerprint density at radius 2 is 2.09 bits per heavy atom. The Bertz CT molecular complexity index is 666. The van der Waals surface area contributed by atoms with Gasteiger partial charge in [0.25, 0.3) is 5.91 Å². The summed E-state index contributed by atoms with van der Waals surface area (Å²) in [6, 6.07) is 5.48. The Morgan fingerprint density at radius 3 is 2.82 bits per heavy atom. The number of aliphatic hydroxyl groups excluding tert-OH is 1. The molecule has 1 aromatic rings. The van der Waals surface area contributed by atoms with Crippen LogP contribution in [0.3, 0.4) is 0 Å². The average molecular weight is 339 g/mol. The predicted molar refractivity (Wildman–Crippen MR) is 88.9 cm³/mol. The Morgan fingerprint density at radius 1 is 1.32 bits per heavy atom.